The first-order valence-electron chi connectivity index (χ1n) is 9.85. The van der Waals surface area contributed by atoms with Gasteiger partial charge in [-0.1, -0.05) is 54.6 Å². The number of hydrogen-bond donors (Lipinski definition) is 2. The maximum Gasteiger partial charge on any atom is 0.322 e. The number of nitrogens with zero attached hydrogens (tertiary/aromatic N) is 2. The number of methoxy groups -OCH3 is 1. The summed E-state index contributed by atoms with van der Waals surface area (Å²) >= 11 is 0. The molecule has 0 fully saturated rings. The van der Waals surface area contributed by atoms with Crippen LogP contribution in [0.4, 0.5) is 10.5 Å². The van der Waals surface area contributed by atoms with Crippen LogP contribution in [-0.2, 0) is 13.1 Å². The van der Waals surface area contributed by atoms with Crippen LogP contribution in [0.15, 0.2) is 83.7 Å². The van der Waals surface area contributed by atoms with Crippen LogP contribution in [0, 0.1) is 0 Å². The first kappa shape index (κ1) is 20.2. The number of urea groups is 1. The van der Waals surface area contributed by atoms with Gasteiger partial charge in [-0.25, -0.2) is 9.78 Å². The number of ether oxygens (including phenoxy) is 1. The Morgan fingerprint density at radius 1 is 0.968 bits per heavy atom. The van der Waals surface area contributed by atoms with Crippen molar-refractivity contribution in [2.45, 2.75) is 13.1 Å². The van der Waals surface area contributed by atoms with E-state index in [-0.39, 0.29) is 18.1 Å². The van der Waals surface area contributed by atoms with Crippen molar-refractivity contribution in [2.75, 3.05) is 12.4 Å². The zero-order valence-electron chi connectivity index (χ0n) is 17.0. The summed E-state index contributed by atoms with van der Waals surface area (Å²) < 4.78 is 5.33. The van der Waals surface area contributed by atoms with Crippen molar-refractivity contribution in [2.24, 2.45) is 0 Å². The molecule has 0 spiro atoms. The minimum atomic E-state index is -0.329. The molecular formula is C24H22N4O3. The number of hydrogen-bond acceptors (Lipinski definition) is 4. The SMILES string of the molecule is COc1ccccc1NC(=O)N(Cc1ccccc1)Cc1nc2ccccc2c(=O)[nH]1. The molecule has 0 aliphatic rings. The topological polar surface area (TPSA) is 87.3 Å². The monoisotopic (exact) mass is 414 g/mol. The van der Waals surface area contributed by atoms with Gasteiger partial charge in [-0.15, -0.1) is 0 Å². The van der Waals surface area contributed by atoms with Crippen molar-refractivity contribution in [3.8, 4) is 5.75 Å². The molecule has 4 aromatic rings. The number of para-hydroxylation sites is 3. The van der Waals surface area contributed by atoms with Crippen LogP contribution in [0.5, 0.6) is 5.75 Å². The highest BCUT2D eigenvalue weighted by molar-refractivity contribution is 5.91. The van der Waals surface area contributed by atoms with Gasteiger partial charge < -0.3 is 19.9 Å². The van der Waals surface area contributed by atoms with Crippen molar-refractivity contribution in [1.82, 2.24) is 14.9 Å². The lowest BCUT2D eigenvalue weighted by Gasteiger charge is -2.23. The summed E-state index contributed by atoms with van der Waals surface area (Å²) in [6.45, 7) is 0.480. The fourth-order valence-corrected chi connectivity index (χ4v) is 3.34. The minimum Gasteiger partial charge on any atom is -0.495 e. The first-order valence-corrected chi connectivity index (χ1v) is 9.85. The van der Waals surface area contributed by atoms with E-state index in [1.54, 1.807) is 42.3 Å². The van der Waals surface area contributed by atoms with Gasteiger partial charge in [-0.05, 0) is 29.8 Å². The summed E-state index contributed by atoms with van der Waals surface area (Å²) in [6, 6.07) is 23.6. The maximum atomic E-state index is 13.2. The summed E-state index contributed by atoms with van der Waals surface area (Å²) in [5.74, 6) is 0.975. The van der Waals surface area contributed by atoms with E-state index in [0.717, 1.165) is 5.56 Å². The highest BCUT2D eigenvalue weighted by Gasteiger charge is 2.18. The molecule has 0 unspecified atom stereocenters. The van der Waals surface area contributed by atoms with Gasteiger partial charge in [0, 0.05) is 6.54 Å². The van der Waals surface area contributed by atoms with Gasteiger partial charge in [-0.2, -0.15) is 0 Å². The van der Waals surface area contributed by atoms with Crippen LogP contribution in [-0.4, -0.2) is 28.0 Å². The number of benzene rings is 3. The second kappa shape index (κ2) is 9.13. The molecule has 3 aromatic carbocycles. The van der Waals surface area contributed by atoms with E-state index in [0.29, 0.717) is 34.7 Å². The molecule has 0 radical (unpaired) electrons. The van der Waals surface area contributed by atoms with Gasteiger partial charge in [0.15, 0.2) is 0 Å². The summed E-state index contributed by atoms with van der Waals surface area (Å²) in [5.41, 5.74) is 1.88. The fourth-order valence-electron chi connectivity index (χ4n) is 3.34. The third-order valence-corrected chi connectivity index (χ3v) is 4.85. The Morgan fingerprint density at radius 2 is 1.68 bits per heavy atom. The van der Waals surface area contributed by atoms with Crippen LogP contribution in [0.3, 0.4) is 0 Å². The Morgan fingerprint density at radius 3 is 2.48 bits per heavy atom. The molecule has 0 bridgehead atoms. The Labute approximate surface area is 179 Å². The summed E-state index contributed by atoms with van der Waals surface area (Å²) in [7, 11) is 1.55. The third-order valence-electron chi connectivity index (χ3n) is 4.85. The summed E-state index contributed by atoms with van der Waals surface area (Å²) in [5, 5.41) is 3.41. The number of carbonyl (C=O) groups excluding carboxylic acids is 1. The van der Waals surface area contributed by atoms with Crippen LogP contribution in [0.1, 0.15) is 11.4 Å². The number of fused-ring (bicyclic) bond motifs is 1. The highest BCUT2D eigenvalue weighted by Crippen LogP contribution is 2.24. The second-order valence-electron chi connectivity index (χ2n) is 7.00. The van der Waals surface area contributed by atoms with Gasteiger partial charge in [0.05, 0.1) is 30.2 Å². The van der Waals surface area contributed by atoms with E-state index in [1.165, 1.54) is 0 Å². The van der Waals surface area contributed by atoms with Gasteiger partial charge in [0.1, 0.15) is 11.6 Å². The summed E-state index contributed by atoms with van der Waals surface area (Å²) in [6.07, 6.45) is 0. The molecule has 2 N–H and O–H groups in total. The number of H-pyrrole nitrogens is 1. The van der Waals surface area contributed by atoms with Crippen molar-refractivity contribution in [3.63, 3.8) is 0 Å². The Kier molecular flexibility index (Phi) is 5.93. The smallest absolute Gasteiger partial charge is 0.322 e. The number of anilines is 1. The fraction of sp³-hybridized carbons (Fsp3) is 0.125. The summed E-state index contributed by atoms with van der Waals surface area (Å²) in [4.78, 5) is 34.6. The van der Waals surface area contributed by atoms with Crippen molar-refractivity contribution >= 4 is 22.6 Å². The molecule has 1 aromatic heterocycles. The standard InChI is InChI=1S/C24H22N4O3/c1-31-21-14-8-7-13-20(21)26-24(30)28(15-17-9-3-2-4-10-17)16-22-25-19-12-6-5-11-18(19)23(29)27-22/h2-14H,15-16H2,1H3,(H,26,30)(H,25,27,29). The zero-order valence-corrected chi connectivity index (χ0v) is 17.0. The van der Waals surface area contributed by atoms with Gasteiger partial charge in [0.25, 0.3) is 5.56 Å². The molecule has 1 heterocycles. The number of amides is 2. The lowest BCUT2D eigenvalue weighted by molar-refractivity contribution is 0.204. The highest BCUT2D eigenvalue weighted by atomic mass is 16.5. The first-order chi connectivity index (χ1) is 15.1. The average Bonchev–Trinajstić information content (AvgIpc) is 2.80. The molecule has 4 rings (SSSR count). The maximum absolute atomic E-state index is 13.2. The molecule has 0 saturated heterocycles. The van der Waals surface area contributed by atoms with Gasteiger partial charge in [0.2, 0.25) is 0 Å². The Hall–Kier alpha value is -4.13. The molecule has 31 heavy (non-hydrogen) atoms. The largest absolute Gasteiger partial charge is 0.495 e. The van der Waals surface area contributed by atoms with E-state index >= 15 is 0 Å². The normalized spacial score (nSPS) is 10.6. The van der Waals surface area contributed by atoms with Gasteiger partial charge >= 0.3 is 6.03 Å². The van der Waals surface area contributed by atoms with Crippen LogP contribution in [0.25, 0.3) is 10.9 Å². The van der Waals surface area contributed by atoms with Crippen molar-refractivity contribution in [1.29, 1.82) is 0 Å². The molecule has 0 aliphatic carbocycles. The number of rotatable bonds is 6. The second-order valence-corrected chi connectivity index (χ2v) is 7.00. The number of carbonyl (C=O) groups is 1. The quantitative estimate of drug-likeness (QED) is 0.496. The Balaban J connectivity index is 1.64. The number of aromatic nitrogens is 2. The average molecular weight is 414 g/mol. The lowest BCUT2D eigenvalue weighted by atomic mass is 10.2. The van der Waals surface area contributed by atoms with Crippen molar-refractivity contribution < 1.29 is 9.53 Å². The molecule has 0 aliphatic heterocycles. The molecule has 156 valence electrons. The molecule has 7 nitrogen and oxygen atoms in total. The van der Waals surface area contributed by atoms with Gasteiger partial charge in [-0.3, -0.25) is 4.79 Å². The molecule has 0 atom stereocenters. The van der Waals surface area contributed by atoms with E-state index in [4.69, 9.17) is 4.74 Å². The predicted molar refractivity (Wildman–Crippen MR) is 120 cm³/mol. The van der Waals surface area contributed by atoms with Crippen LogP contribution >= 0.6 is 0 Å². The minimum absolute atomic E-state index is 0.135. The lowest BCUT2D eigenvalue weighted by Crippen LogP contribution is -2.35. The van der Waals surface area contributed by atoms with Crippen molar-refractivity contribution in [3.05, 3.63) is 101 Å². The molecule has 2 amide bonds. The number of nitrogens with one attached hydrogen (secondary N) is 2. The van der Waals surface area contributed by atoms with Crippen LogP contribution in [0.2, 0.25) is 0 Å². The molecule has 0 saturated carbocycles. The third kappa shape index (κ3) is 4.72. The predicted octanol–water partition coefficient (Wildman–Crippen LogP) is 4.17. The van der Waals surface area contributed by atoms with E-state index < -0.39 is 0 Å². The van der Waals surface area contributed by atoms with E-state index in [1.807, 2.05) is 48.5 Å². The molecule has 7 heteroatoms. The molecular weight excluding hydrogens is 392 g/mol. The zero-order chi connectivity index (χ0) is 21.6. The van der Waals surface area contributed by atoms with E-state index in [2.05, 4.69) is 15.3 Å². The number of aromatic amines is 1. The van der Waals surface area contributed by atoms with E-state index in [9.17, 15) is 9.59 Å². The van der Waals surface area contributed by atoms with Crippen LogP contribution < -0.4 is 15.6 Å². The Bertz CT molecular complexity index is 1250.